The van der Waals surface area contributed by atoms with Crippen LogP contribution in [0, 0.1) is 17.2 Å². The molecule has 3 aromatic rings. The highest BCUT2D eigenvalue weighted by atomic mass is 19.4. The maximum absolute atomic E-state index is 14.7. The van der Waals surface area contributed by atoms with E-state index in [1.54, 1.807) is 11.0 Å². The number of carbonyl (C=O) groups is 1. The van der Waals surface area contributed by atoms with Crippen LogP contribution in [0.25, 0.3) is 5.69 Å². The van der Waals surface area contributed by atoms with Crippen molar-refractivity contribution in [1.82, 2.24) is 24.9 Å². The fraction of sp³-hybridized carbons (Fsp3) is 0.391. The monoisotopic (exact) mass is 473 g/mol. The number of halogens is 4. The highest BCUT2D eigenvalue weighted by molar-refractivity contribution is 5.98. The first-order valence-electron chi connectivity index (χ1n) is 10.9. The second-order valence-corrected chi connectivity index (χ2v) is 9.07. The third kappa shape index (κ3) is 3.02. The molecule has 1 saturated heterocycles. The number of hydrogen-bond acceptors (Lipinski definition) is 5. The highest BCUT2D eigenvalue weighted by Gasteiger charge is 2.70. The van der Waals surface area contributed by atoms with Crippen LogP contribution < -0.4 is 4.74 Å². The molecule has 3 fully saturated rings. The van der Waals surface area contributed by atoms with E-state index >= 15 is 0 Å². The predicted molar refractivity (Wildman–Crippen MR) is 110 cm³/mol. The van der Waals surface area contributed by atoms with Gasteiger partial charge in [0.2, 0.25) is 5.88 Å². The Labute approximate surface area is 191 Å². The summed E-state index contributed by atoms with van der Waals surface area (Å²) in [6.45, 7) is 0.520. The Hall–Kier alpha value is -3.50. The summed E-state index contributed by atoms with van der Waals surface area (Å²) in [6, 6.07) is 6.12. The summed E-state index contributed by atoms with van der Waals surface area (Å²) < 4.78 is 59.2. The summed E-state index contributed by atoms with van der Waals surface area (Å²) in [7, 11) is 0. The van der Waals surface area contributed by atoms with Gasteiger partial charge in [0.1, 0.15) is 11.8 Å². The Morgan fingerprint density at radius 2 is 1.94 bits per heavy atom. The molecule has 4 unspecified atom stereocenters. The van der Waals surface area contributed by atoms with Crippen molar-refractivity contribution < 1.29 is 27.1 Å². The molecule has 176 valence electrons. The summed E-state index contributed by atoms with van der Waals surface area (Å²) in [4.78, 5) is 20.3. The molecule has 1 amide bonds. The molecule has 0 radical (unpaired) electrons. The lowest BCUT2D eigenvalue weighted by molar-refractivity contribution is -0.138. The molecule has 11 heteroatoms. The predicted octanol–water partition coefficient (Wildman–Crippen LogP) is 3.89. The molecule has 0 N–H and O–H groups in total. The maximum Gasteiger partial charge on any atom is 0.417 e. The van der Waals surface area contributed by atoms with Gasteiger partial charge in [0.05, 0.1) is 29.6 Å². The van der Waals surface area contributed by atoms with Gasteiger partial charge >= 0.3 is 6.18 Å². The minimum absolute atomic E-state index is 0.0213. The molecule has 7 nitrogen and oxygen atoms in total. The van der Waals surface area contributed by atoms with Crippen LogP contribution in [-0.2, 0) is 6.18 Å². The maximum atomic E-state index is 14.7. The van der Waals surface area contributed by atoms with E-state index in [2.05, 4.69) is 15.2 Å². The topological polar surface area (TPSA) is 73.1 Å². The minimum Gasteiger partial charge on any atom is -0.472 e. The number of para-hydroxylation sites is 1. The highest BCUT2D eigenvalue weighted by Crippen LogP contribution is 2.66. The van der Waals surface area contributed by atoms with Crippen molar-refractivity contribution in [3.05, 3.63) is 65.9 Å². The number of ether oxygens (including phenoxy) is 1. The molecule has 1 spiro atoms. The standard InChI is InChI=1S/C23H19F4N5O2/c24-16-3-1-2-15(19(16)32-29-8-9-30-32)21(33)31-12-14-6-7-22(14)10-17(20(22)31)34-18-5-4-13(11-28-18)23(25,26)27/h1-5,8-9,11,14,17,20H,6-7,10,12H2. The van der Waals surface area contributed by atoms with Gasteiger partial charge in [0.15, 0.2) is 5.82 Å². The Bertz CT molecular complexity index is 1250. The van der Waals surface area contributed by atoms with Crippen molar-refractivity contribution in [2.75, 3.05) is 6.54 Å². The number of benzene rings is 1. The number of pyridine rings is 1. The molecule has 2 aromatic heterocycles. The van der Waals surface area contributed by atoms with E-state index < -0.39 is 23.7 Å². The Balaban J connectivity index is 1.28. The second kappa shape index (κ2) is 7.25. The largest absolute Gasteiger partial charge is 0.472 e. The van der Waals surface area contributed by atoms with Gasteiger partial charge in [-0.15, -0.1) is 4.80 Å². The number of alkyl halides is 3. The van der Waals surface area contributed by atoms with Crippen LogP contribution in [0.1, 0.15) is 35.2 Å². The zero-order valence-corrected chi connectivity index (χ0v) is 17.7. The quantitative estimate of drug-likeness (QED) is 0.538. The zero-order chi connectivity index (χ0) is 23.7. The summed E-state index contributed by atoms with van der Waals surface area (Å²) in [6.07, 6.45) is 1.29. The third-order valence-corrected chi connectivity index (χ3v) is 7.48. The molecule has 0 bridgehead atoms. The smallest absolute Gasteiger partial charge is 0.417 e. The molecule has 34 heavy (non-hydrogen) atoms. The average molecular weight is 473 g/mol. The minimum atomic E-state index is -4.48. The molecule has 4 atom stereocenters. The van der Waals surface area contributed by atoms with Crippen molar-refractivity contribution in [3.63, 3.8) is 0 Å². The van der Waals surface area contributed by atoms with E-state index in [-0.39, 0.29) is 34.5 Å². The van der Waals surface area contributed by atoms with Crippen molar-refractivity contribution in [1.29, 1.82) is 0 Å². The van der Waals surface area contributed by atoms with Crippen molar-refractivity contribution in [3.8, 4) is 11.6 Å². The average Bonchev–Trinajstić information content (AvgIpc) is 3.36. The fourth-order valence-corrected chi connectivity index (χ4v) is 5.79. The first-order valence-corrected chi connectivity index (χ1v) is 10.9. The molecule has 1 aromatic carbocycles. The number of aromatic nitrogens is 4. The van der Waals surface area contributed by atoms with Gasteiger partial charge in [0.25, 0.3) is 5.91 Å². The molecular weight excluding hydrogens is 454 g/mol. The first-order chi connectivity index (χ1) is 16.3. The molecule has 1 aliphatic heterocycles. The van der Waals surface area contributed by atoms with Crippen LogP contribution in [0.3, 0.4) is 0 Å². The summed E-state index contributed by atoms with van der Waals surface area (Å²) in [5, 5.41) is 7.97. The van der Waals surface area contributed by atoms with Gasteiger partial charge in [-0.05, 0) is 43.4 Å². The van der Waals surface area contributed by atoms with Gasteiger partial charge in [0, 0.05) is 24.2 Å². The lowest BCUT2D eigenvalue weighted by atomic mass is 9.48. The SMILES string of the molecule is O=C(c1cccc(F)c1-n1nccn1)N1CC2CCC23CC(Oc2ccc(C(F)(F)F)cn2)C13. The number of hydrogen-bond donors (Lipinski definition) is 0. The van der Waals surface area contributed by atoms with Crippen LogP contribution in [0.4, 0.5) is 17.6 Å². The van der Waals surface area contributed by atoms with Crippen molar-refractivity contribution >= 4 is 5.91 Å². The number of rotatable bonds is 4. The number of carbonyl (C=O) groups excluding carboxylic acids is 1. The van der Waals surface area contributed by atoms with Crippen LogP contribution in [-0.4, -0.2) is 49.5 Å². The Kier molecular flexibility index (Phi) is 4.49. The van der Waals surface area contributed by atoms with Crippen LogP contribution in [0.5, 0.6) is 5.88 Å². The third-order valence-electron chi connectivity index (χ3n) is 7.48. The van der Waals surface area contributed by atoms with E-state index in [4.69, 9.17) is 4.74 Å². The normalized spacial score (nSPS) is 27.4. The summed E-state index contributed by atoms with van der Waals surface area (Å²) >= 11 is 0. The molecule has 3 aliphatic rings. The number of amides is 1. The van der Waals surface area contributed by atoms with E-state index in [0.717, 1.165) is 29.9 Å². The fourth-order valence-electron chi connectivity index (χ4n) is 5.79. The van der Waals surface area contributed by atoms with Gasteiger partial charge in [-0.25, -0.2) is 9.37 Å². The van der Waals surface area contributed by atoms with E-state index in [1.807, 2.05) is 0 Å². The zero-order valence-electron chi connectivity index (χ0n) is 17.7. The second-order valence-electron chi connectivity index (χ2n) is 9.07. The number of nitrogens with zero attached hydrogens (tertiary/aromatic N) is 5. The molecule has 2 saturated carbocycles. The van der Waals surface area contributed by atoms with Crippen LogP contribution in [0.15, 0.2) is 48.9 Å². The van der Waals surface area contributed by atoms with Gasteiger partial charge in [-0.2, -0.15) is 23.4 Å². The lowest BCUT2D eigenvalue weighted by Crippen LogP contribution is -2.65. The molecule has 6 rings (SSSR count). The van der Waals surface area contributed by atoms with Crippen molar-refractivity contribution in [2.24, 2.45) is 11.3 Å². The van der Waals surface area contributed by atoms with Gasteiger partial charge in [-0.3, -0.25) is 4.79 Å². The number of likely N-dealkylation sites (tertiary alicyclic amines) is 1. The first kappa shape index (κ1) is 21.1. The Morgan fingerprint density at radius 1 is 1.15 bits per heavy atom. The lowest BCUT2D eigenvalue weighted by Gasteiger charge is -2.59. The molecule has 2 aliphatic carbocycles. The van der Waals surface area contributed by atoms with Crippen molar-refractivity contribution in [2.45, 2.75) is 37.6 Å². The summed E-state index contributed by atoms with van der Waals surface area (Å²) in [5.41, 5.74) is -0.797. The Morgan fingerprint density at radius 3 is 2.59 bits per heavy atom. The molecular formula is C23H19F4N5O2. The van der Waals surface area contributed by atoms with E-state index in [1.165, 1.54) is 30.6 Å². The van der Waals surface area contributed by atoms with Gasteiger partial charge in [-0.1, -0.05) is 6.07 Å². The van der Waals surface area contributed by atoms with Crippen LogP contribution >= 0.6 is 0 Å². The molecule has 3 heterocycles. The van der Waals surface area contributed by atoms with Gasteiger partial charge < -0.3 is 9.64 Å². The van der Waals surface area contributed by atoms with E-state index in [0.29, 0.717) is 18.9 Å². The van der Waals surface area contributed by atoms with E-state index in [9.17, 15) is 22.4 Å². The summed E-state index contributed by atoms with van der Waals surface area (Å²) in [5.74, 6) is -0.564. The van der Waals surface area contributed by atoms with Crippen LogP contribution in [0.2, 0.25) is 0 Å².